The third kappa shape index (κ3) is 1.63. The summed E-state index contributed by atoms with van der Waals surface area (Å²) in [6, 6.07) is 8.35. The summed E-state index contributed by atoms with van der Waals surface area (Å²) >= 11 is 0. The first kappa shape index (κ1) is 9.83. The molecule has 77 valence electrons. The minimum atomic E-state index is -4.58. The highest BCUT2D eigenvalue weighted by Crippen LogP contribution is 2.39. The summed E-state index contributed by atoms with van der Waals surface area (Å²) in [5, 5.41) is 12.1. The fraction of sp³-hybridized carbons (Fsp3) is 0.0909. The predicted octanol–water partition coefficient (Wildman–Crippen LogP) is 4.00. The summed E-state index contributed by atoms with van der Waals surface area (Å²) < 4.78 is 37.1. The quantitative estimate of drug-likeness (QED) is 0.627. The normalized spacial score (nSPS) is 11.9. The molecule has 0 saturated heterocycles. The van der Waals surface area contributed by atoms with E-state index in [0.717, 1.165) is 6.07 Å². The molecular formula is C11H6F3O. The van der Waals surface area contributed by atoms with Crippen LogP contribution < -0.4 is 0 Å². The molecule has 0 amide bonds. The molecule has 2 aromatic rings. The van der Waals surface area contributed by atoms with Crippen LogP contribution in [0, 0.1) is 0 Å². The first-order chi connectivity index (χ1) is 7.00. The third-order valence-electron chi connectivity index (χ3n) is 2.18. The summed E-state index contributed by atoms with van der Waals surface area (Å²) in [6.45, 7) is 0. The van der Waals surface area contributed by atoms with Crippen molar-refractivity contribution in [1.82, 2.24) is 0 Å². The van der Waals surface area contributed by atoms with Crippen molar-refractivity contribution < 1.29 is 18.3 Å². The van der Waals surface area contributed by atoms with Gasteiger partial charge in [0.2, 0.25) is 0 Å². The van der Waals surface area contributed by atoms with E-state index in [1.165, 1.54) is 12.1 Å². The number of fused-ring (bicyclic) bond motifs is 1. The maximum absolute atomic E-state index is 12.4. The molecule has 1 radical (unpaired) electrons. The molecule has 0 heterocycles. The number of benzene rings is 2. The van der Waals surface area contributed by atoms with Crippen LogP contribution in [0.4, 0.5) is 13.2 Å². The Morgan fingerprint density at radius 2 is 1.60 bits per heavy atom. The first-order valence-corrected chi connectivity index (χ1v) is 4.26. The molecular weight excluding hydrogens is 205 g/mol. The van der Waals surface area contributed by atoms with Crippen molar-refractivity contribution >= 4 is 10.8 Å². The molecule has 0 fully saturated rings. The average molecular weight is 211 g/mol. The molecule has 0 aromatic heterocycles. The summed E-state index contributed by atoms with van der Waals surface area (Å²) in [7, 11) is 0. The molecule has 0 aliphatic heterocycles. The van der Waals surface area contributed by atoms with Crippen LogP contribution in [0.1, 0.15) is 5.56 Å². The second-order valence-electron chi connectivity index (χ2n) is 3.16. The SMILES string of the molecule is [O]c1c(C(F)(F)F)ccc2ccccc12. The fourth-order valence-corrected chi connectivity index (χ4v) is 1.47. The second-order valence-corrected chi connectivity index (χ2v) is 3.16. The molecule has 15 heavy (non-hydrogen) atoms. The molecule has 0 atom stereocenters. The number of rotatable bonds is 0. The Labute approximate surface area is 83.8 Å². The molecule has 2 rings (SSSR count). The number of alkyl halides is 3. The Kier molecular flexibility index (Phi) is 2.07. The van der Waals surface area contributed by atoms with E-state index >= 15 is 0 Å². The summed E-state index contributed by atoms with van der Waals surface area (Å²) in [5.74, 6) is -0.958. The molecule has 4 heteroatoms. The van der Waals surface area contributed by atoms with Crippen molar-refractivity contribution in [3.63, 3.8) is 0 Å². The monoisotopic (exact) mass is 211 g/mol. The average Bonchev–Trinajstić information content (AvgIpc) is 2.16. The minimum absolute atomic E-state index is 0.104. The highest BCUT2D eigenvalue weighted by Gasteiger charge is 2.35. The maximum atomic E-state index is 12.4. The van der Waals surface area contributed by atoms with Gasteiger partial charge in [0.25, 0.3) is 0 Å². The van der Waals surface area contributed by atoms with Gasteiger partial charge in [0.05, 0.1) is 0 Å². The standard InChI is InChI=1S/C11H6F3O/c12-11(13,14)9-6-5-7-3-1-2-4-8(7)10(9)15/h1-6H. The van der Waals surface area contributed by atoms with Crippen LogP contribution in [0.25, 0.3) is 10.8 Å². The van der Waals surface area contributed by atoms with Crippen LogP contribution >= 0.6 is 0 Å². The summed E-state index contributed by atoms with van der Waals surface area (Å²) in [6.07, 6.45) is -4.58. The van der Waals surface area contributed by atoms with E-state index in [2.05, 4.69) is 0 Å². The predicted molar refractivity (Wildman–Crippen MR) is 49.1 cm³/mol. The van der Waals surface area contributed by atoms with Crippen molar-refractivity contribution in [2.45, 2.75) is 6.18 Å². The first-order valence-electron chi connectivity index (χ1n) is 4.26. The Bertz CT molecular complexity index is 503. The molecule has 0 aliphatic rings. The molecule has 0 N–H and O–H groups in total. The van der Waals surface area contributed by atoms with Crippen LogP contribution in [-0.2, 0) is 11.3 Å². The molecule has 2 aromatic carbocycles. The lowest BCUT2D eigenvalue weighted by molar-refractivity contribution is -0.139. The van der Waals surface area contributed by atoms with Gasteiger partial charge in [-0.1, -0.05) is 30.3 Å². The molecule has 1 nitrogen and oxygen atoms in total. The largest absolute Gasteiger partial charge is 0.420 e. The van der Waals surface area contributed by atoms with Crippen molar-refractivity contribution in [3.8, 4) is 5.75 Å². The van der Waals surface area contributed by atoms with Crippen LogP contribution in [0.15, 0.2) is 36.4 Å². The fourth-order valence-electron chi connectivity index (χ4n) is 1.47. The number of halogens is 3. The Hall–Kier alpha value is -1.71. The zero-order chi connectivity index (χ0) is 11.1. The van der Waals surface area contributed by atoms with E-state index in [1.807, 2.05) is 0 Å². The van der Waals surface area contributed by atoms with Crippen LogP contribution in [0.5, 0.6) is 5.75 Å². The molecule has 0 unspecified atom stereocenters. The van der Waals surface area contributed by atoms with Crippen molar-refractivity contribution in [2.75, 3.05) is 0 Å². The van der Waals surface area contributed by atoms with Gasteiger partial charge in [0, 0.05) is 5.39 Å². The van der Waals surface area contributed by atoms with Gasteiger partial charge >= 0.3 is 6.18 Å². The summed E-state index contributed by atoms with van der Waals surface area (Å²) in [5.41, 5.74) is -1.11. The van der Waals surface area contributed by atoms with Crippen LogP contribution in [0.2, 0.25) is 0 Å². The Balaban J connectivity index is 2.76. The third-order valence-corrected chi connectivity index (χ3v) is 2.18. The number of hydrogen-bond acceptors (Lipinski definition) is 0. The highest BCUT2D eigenvalue weighted by molar-refractivity contribution is 5.89. The summed E-state index contributed by atoms with van der Waals surface area (Å²) in [4.78, 5) is 0. The second kappa shape index (κ2) is 3.15. The van der Waals surface area contributed by atoms with Gasteiger partial charge in [-0.05, 0) is 11.5 Å². The zero-order valence-corrected chi connectivity index (χ0v) is 7.51. The number of hydrogen-bond donors (Lipinski definition) is 0. The van der Waals surface area contributed by atoms with E-state index in [0.29, 0.717) is 5.39 Å². The zero-order valence-electron chi connectivity index (χ0n) is 7.51. The lowest BCUT2D eigenvalue weighted by atomic mass is 10.1. The van der Waals surface area contributed by atoms with Crippen molar-refractivity contribution in [1.29, 1.82) is 0 Å². The lowest BCUT2D eigenvalue weighted by Gasteiger charge is -2.08. The minimum Gasteiger partial charge on any atom is -0.289 e. The highest BCUT2D eigenvalue weighted by atomic mass is 19.4. The lowest BCUT2D eigenvalue weighted by Crippen LogP contribution is -2.04. The van der Waals surface area contributed by atoms with Gasteiger partial charge < -0.3 is 0 Å². The van der Waals surface area contributed by atoms with Gasteiger partial charge in [0.15, 0.2) is 5.75 Å². The van der Waals surface area contributed by atoms with Crippen molar-refractivity contribution in [2.24, 2.45) is 0 Å². The van der Waals surface area contributed by atoms with Crippen molar-refractivity contribution in [3.05, 3.63) is 42.0 Å². The van der Waals surface area contributed by atoms with Gasteiger partial charge in [-0.15, -0.1) is 0 Å². The van der Waals surface area contributed by atoms with Gasteiger partial charge in [0.1, 0.15) is 5.56 Å². The smallest absolute Gasteiger partial charge is 0.289 e. The van der Waals surface area contributed by atoms with E-state index in [1.54, 1.807) is 18.2 Å². The maximum Gasteiger partial charge on any atom is 0.420 e. The van der Waals surface area contributed by atoms with Crippen LogP contribution in [0.3, 0.4) is 0 Å². The molecule has 0 saturated carbocycles. The Morgan fingerprint density at radius 1 is 0.933 bits per heavy atom. The topological polar surface area (TPSA) is 19.9 Å². The molecule has 0 spiro atoms. The van der Waals surface area contributed by atoms with E-state index in [9.17, 15) is 18.3 Å². The van der Waals surface area contributed by atoms with E-state index in [-0.39, 0.29) is 5.39 Å². The Morgan fingerprint density at radius 3 is 2.27 bits per heavy atom. The van der Waals surface area contributed by atoms with Gasteiger partial charge in [-0.25, -0.2) is 0 Å². The van der Waals surface area contributed by atoms with Crippen LogP contribution in [-0.4, -0.2) is 0 Å². The van der Waals surface area contributed by atoms with Gasteiger partial charge in [-0.2, -0.15) is 13.2 Å². The van der Waals surface area contributed by atoms with Gasteiger partial charge in [-0.3, -0.25) is 5.11 Å². The molecule has 0 aliphatic carbocycles. The van der Waals surface area contributed by atoms with E-state index < -0.39 is 17.5 Å². The van der Waals surface area contributed by atoms with E-state index in [4.69, 9.17) is 0 Å². The molecule has 0 bridgehead atoms.